The van der Waals surface area contributed by atoms with Gasteiger partial charge in [-0.2, -0.15) is 0 Å². The minimum absolute atomic E-state index is 0.0217. The second-order valence-electron chi connectivity index (χ2n) is 6.27. The normalized spacial score (nSPS) is 15.9. The second-order valence-corrected chi connectivity index (χ2v) is 6.27. The van der Waals surface area contributed by atoms with Crippen molar-refractivity contribution < 1.29 is 24.2 Å². The van der Waals surface area contributed by atoms with Gasteiger partial charge in [0.2, 0.25) is 0 Å². The number of carbonyl (C=O) groups is 3. The number of ether oxygens (including phenoxy) is 1. The molecule has 0 bridgehead atoms. The van der Waals surface area contributed by atoms with Gasteiger partial charge >= 0.3 is 12.0 Å². The quantitative estimate of drug-likeness (QED) is 0.706. The largest absolute Gasteiger partial charge is 0.508 e. The van der Waals surface area contributed by atoms with Crippen LogP contribution in [0.1, 0.15) is 44.6 Å². The first-order chi connectivity index (χ1) is 11.9. The summed E-state index contributed by atoms with van der Waals surface area (Å²) < 4.78 is 5.04. The molecule has 0 aromatic heterocycles. The lowest BCUT2D eigenvalue weighted by atomic mass is 9.96. The molecule has 2 rings (SSSR count). The molecule has 7 nitrogen and oxygen atoms in total. The molecule has 0 saturated heterocycles. The van der Waals surface area contributed by atoms with Gasteiger partial charge in [0.15, 0.2) is 6.10 Å². The van der Waals surface area contributed by atoms with Gasteiger partial charge in [0.25, 0.3) is 5.91 Å². The van der Waals surface area contributed by atoms with Crippen molar-refractivity contribution in [3.63, 3.8) is 0 Å². The third-order valence-electron chi connectivity index (χ3n) is 4.14. The third-order valence-corrected chi connectivity index (χ3v) is 4.14. The van der Waals surface area contributed by atoms with Gasteiger partial charge < -0.3 is 15.2 Å². The van der Waals surface area contributed by atoms with E-state index in [9.17, 15) is 19.5 Å². The highest BCUT2D eigenvalue weighted by Gasteiger charge is 2.22. The summed E-state index contributed by atoms with van der Waals surface area (Å²) in [6, 6.07) is 5.66. The van der Waals surface area contributed by atoms with Crippen LogP contribution in [0.25, 0.3) is 0 Å². The van der Waals surface area contributed by atoms with Gasteiger partial charge in [-0.25, -0.2) is 4.79 Å². The maximum atomic E-state index is 11.9. The van der Waals surface area contributed by atoms with E-state index in [1.807, 2.05) is 0 Å². The van der Waals surface area contributed by atoms with Crippen LogP contribution < -0.4 is 10.6 Å². The summed E-state index contributed by atoms with van der Waals surface area (Å²) in [5.41, 5.74) is 0.658. The summed E-state index contributed by atoms with van der Waals surface area (Å²) in [4.78, 5) is 35.6. The van der Waals surface area contributed by atoms with Crippen LogP contribution in [0.5, 0.6) is 5.75 Å². The van der Waals surface area contributed by atoms with Gasteiger partial charge in [-0.3, -0.25) is 14.9 Å². The summed E-state index contributed by atoms with van der Waals surface area (Å²) in [6.45, 7) is 1.41. The van der Waals surface area contributed by atoms with Gasteiger partial charge in [0.05, 0.1) is 6.42 Å². The van der Waals surface area contributed by atoms with E-state index < -0.39 is 24.0 Å². The molecule has 0 aliphatic heterocycles. The second kappa shape index (κ2) is 9.05. The molecule has 1 atom stereocenters. The predicted molar refractivity (Wildman–Crippen MR) is 90.9 cm³/mol. The van der Waals surface area contributed by atoms with Gasteiger partial charge in [-0.15, -0.1) is 0 Å². The Morgan fingerprint density at radius 2 is 1.80 bits per heavy atom. The Balaban J connectivity index is 1.73. The number of hydrogen-bond acceptors (Lipinski definition) is 5. The molecule has 0 spiro atoms. The lowest BCUT2D eigenvalue weighted by molar-refractivity contribution is -0.153. The van der Waals surface area contributed by atoms with Crippen molar-refractivity contribution in [2.75, 3.05) is 0 Å². The molecule has 1 saturated carbocycles. The molecule has 3 N–H and O–H groups in total. The lowest BCUT2D eigenvalue weighted by Gasteiger charge is -2.23. The minimum atomic E-state index is -1.07. The number of phenolic OH excluding ortho intramolecular Hbond substituents is 1. The SMILES string of the molecule is C[C@@H](OC(=O)Cc1ccc(O)cc1)C(=O)NC(=O)NC1CCCCC1. The number of urea groups is 1. The summed E-state index contributed by atoms with van der Waals surface area (Å²) in [5.74, 6) is -1.14. The van der Waals surface area contributed by atoms with Crippen LogP contribution in [-0.2, 0) is 20.7 Å². The first-order valence-electron chi connectivity index (χ1n) is 8.53. The summed E-state index contributed by atoms with van der Waals surface area (Å²) in [6.07, 6.45) is 4.06. The highest BCUT2D eigenvalue weighted by molar-refractivity contribution is 5.97. The van der Waals surface area contributed by atoms with E-state index in [0.29, 0.717) is 5.56 Å². The Hall–Kier alpha value is -2.57. The van der Waals surface area contributed by atoms with E-state index in [1.165, 1.54) is 25.5 Å². The highest BCUT2D eigenvalue weighted by atomic mass is 16.5. The standard InChI is InChI=1S/C18H24N2O5/c1-12(25-16(22)11-13-7-9-15(21)10-8-13)17(23)20-18(24)19-14-5-3-2-4-6-14/h7-10,12,14,21H,2-6,11H2,1H3,(H2,19,20,23,24)/t12-/m1/s1. The van der Waals surface area contributed by atoms with E-state index in [2.05, 4.69) is 10.6 Å². The number of amides is 3. The van der Waals surface area contributed by atoms with Crippen molar-refractivity contribution in [2.45, 2.75) is 57.6 Å². The number of carbonyl (C=O) groups excluding carboxylic acids is 3. The number of nitrogens with one attached hydrogen (secondary N) is 2. The molecule has 1 aliphatic rings. The molecule has 0 radical (unpaired) electrons. The first-order valence-corrected chi connectivity index (χ1v) is 8.53. The van der Waals surface area contributed by atoms with Crippen LogP contribution in [-0.4, -0.2) is 35.2 Å². The molecule has 7 heteroatoms. The molecule has 1 fully saturated rings. The van der Waals surface area contributed by atoms with Gasteiger partial charge in [0, 0.05) is 6.04 Å². The van der Waals surface area contributed by atoms with E-state index in [4.69, 9.17) is 4.74 Å². The number of aromatic hydroxyl groups is 1. The summed E-state index contributed by atoms with van der Waals surface area (Å²) in [5, 5.41) is 14.2. The van der Waals surface area contributed by atoms with Crippen LogP contribution in [0.3, 0.4) is 0 Å². The number of imide groups is 1. The van der Waals surface area contributed by atoms with E-state index >= 15 is 0 Å². The Bertz CT molecular complexity index is 608. The molecule has 25 heavy (non-hydrogen) atoms. The van der Waals surface area contributed by atoms with Gasteiger partial charge in [-0.05, 0) is 37.5 Å². The topological polar surface area (TPSA) is 105 Å². The highest BCUT2D eigenvalue weighted by Crippen LogP contribution is 2.17. The van der Waals surface area contributed by atoms with Gasteiger partial charge in [0.1, 0.15) is 5.75 Å². The smallest absolute Gasteiger partial charge is 0.321 e. The van der Waals surface area contributed by atoms with Crippen LogP contribution in [0.2, 0.25) is 0 Å². The zero-order valence-corrected chi connectivity index (χ0v) is 14.3. The molecule has 1 aromatic rings. The maximum absolute atomic E-state index is 11.9. The fourth-order valence-corrected chi connectivity index (χ4v) is 2.75. The summed E-state index contributed by atoms with van der Waals surface area (Å²) in [7, 11) is 0. The fourth-order valence-electron chi connectivity index (χ4n) is 2.75. The van der Waals surface area contributed by atoms with Crippen LogP contribution in [0.4, 0.5) is 4.79 Å². The van der Waals surface area contributed by atoms with E-state index in [0.717, 1.165) is 25.7 Å². The molecule has 0 unspecified atom stereocenters. The molecule has 1 aliphatic carbocycles. The minimum Gasteiger partial charge on any atom is -0.508 e. The number of benzene rings is 1. The molecule has 1 aromatic carbocycles. The average molecular weight is 348 g/mol. The van der Waals surface area contributed by atoms with Gasteiger partial charge in [-0.1, -0.05) is 31.4 Å². The Kier molecular flexibility index (Phi) is 6.80. The Morgan fingerprint density at radius 3 is 2.44 bits per heavy atom. The lowest BCUT2D eigenvalue weighted by Crippen LogP contribution is -2.48. The fraction of sp³-hybridized carbons (Fsp3) is 0.500. The van der Waals surface area contributed by atoms with E-state index in [1.54, 1.807) is 12.1 Å². The van der Waals surface area contributed by atoms with Crippen molar-refractivity contribution in [3.8, 4) is 5.75 Å². The van der Waals surface area contributed by atoms with Crippen molar-refractivity contribution in [2.24, 2.45) is 0 Å². The number of phenols is 1. The van der Waals surface area contributed by atoms with Crippen molar-refractivity contribution in [1.82, 2.24) is 10.6 Å². The molecular formula is C18H24N2O5. The van der Waals surface area contributed by atoms with Crippen molar-refractivity contribution in [3.05, 3.63) is 29.8 Å². The monoisotopic (exact) mass is 348 g/mol. The zero-order chi connectivity index (χ0) is 18.2. The molecule has 0 heterocycles. The van der Waals surface area contributed by atoms with Crippen LogP contribution >= 0.6 is 0 Å². The number of hydrogen-bond donors (Lipinski definition) is 3. The molecule has 136 valence electrons. The van der Waals surface area contributed by atoms with E-state index in [-0.39, 0.29) is 18.2 Å². The zero-order valence-electron chi connectivity index (χ0n) is 14.3. The average Bonchev–Trinajstić information content (AvgIpc) is 2.57. The molecular weight excluding hydrogens is 324 g/mol. The van der Waals surface area contributed by atoms with Crippen molar-refractivity contribution in [1.29, 1.82) is 0 Å². The third kappa shape index (κ3) is 6.45. The number of rotatable bonds is 5. The van der Waals surface area contributed by atoms with Crippen LogP contribution in [0.15, 0.2) is 24.3 Å². The molecule has 3 amide bonds. The Morgan fingerprint density at radius 1 is 1.16 bits per heavy atom. The number of esters is 1. The predicted octanol–water partition coefficient (Wildman–Crippen LogP) is 2.02. The Labute approximate surface area is 146 Å². The maximum Gasteiger partial charge on any atom is 0.321 e. The van der Waals surface area contributed by atoms with Crippen molar-refractivity contribution >= 4 is 17.9 Å². The first kappa shape index (κ1) is 18.8. The summed E-state index contributed by atoms with van der Waals surface area (Å²) >= 11 is 0. The van der Waals surface area contributed by atoms with Crippen LogP contribution in [0, 0.1) is 0 Å².